The van der Waals surface area contributed by atoms with Gasteiger partial charge >= 0.3 is 0 Å². The van der Waals surface area contributed by atoms with Crippen molar-refractivity contribution in [2.45, 2.75) is 19.8 Å². The molecule has 2 rings (SSSR count). The number of nitriles is 1. The highest BCUT2D eigenvalue weighted by Crippen LogP contribution is 2.21. The third-order valence-electron chi connectivity index (χ3n) is 3.14. The molecular formula is C12H18N4O. The van der Waals surface area contributed by atoms with E-state index in [-0.39, 0.29) is 0 Å². The van der Waals surface area contributed by atoms with E-state index in [0.29, 0.717) is 24.0 Å². The van der Waals surface area contributed by atoms with E-state index in [9.17, 15) is 0 Å². The number of aromatic nitrogens is 2. The van der Waals surface area contributed by atoms with Gasteiger partial charge in [-0.3, -0.25) is 0 Å². The molecule has 92 valence electrons. The fraction of sp³-hybridized carbons (Fsp3) is 0.667. The number of ether oxygens (including phenoxy) is 1. The summed E-state index contributed by atoms with van der Waals surface area (Å²) >= 11 is 0. The predicted octanol–water partition coefficient (Wildman–Crippen LogP) is 0.979. The Kier molecular flexibility index (Phi) is 3.64. The lowest BCUT2D eigenvalue weighted by Crippen LogP contribution is -2.33. The number of nitrogens with one attached hydrogen (secondary N) is 1. The van der Waals surface area contributed by atoms with Gasteiger partial charge in [0, 0.05) is 19.5 Å². The molecule has 1 aromatic heterocycles. The molecular weight excluding hydrogens is 216 g/mol. The first-order valence-electron chi connectivity index (χ1n) is 5.99. The normalized spacial score (nSPS) is 19.9. The quantitative estimate of drug-likeness (QED) is 0.846. The maximum atomic E-state index is 9.05. The molecule has 1 aliphatic rings. The molecule has 0 aromatic carbocycles. The summed E-state index contributed by atoms with van der Waals surface area (Å²) in [7, 11) is 1.81. The molecule has 5 heteroatoms. The number of aryl methyl sites for hydroxylation is 2. The second-order valence-corrected chi connectivity index (χ2v) is 4.52. The van der Waals surface area contributed by atoms with Crippen molar-refractivity contribution < 1.29 is 4.74 Å². The van der Waals surface area contributed by atoms with E-state index in [1.54, 1.807) is 4.68 Å². The van der Waals surface area contributed by atoms with Gasteiger partial charge in [-0.15, -0.1) is 0 Å². The van der Waals surface area contributed by atoms with Crippen LogP contribution in [0.5, 0.6) is 5.88 Å². The molecule has 1 N–H and O–H groups in total. The van der Waals surface area contributed by atoms with Gasteiger partial charge < -0.3 is 10.1 Å². The summed E-state index contributed by atoms with van der Waals surface area (Å²) in [6.45, 7) is 4.58. The smallest absolute Gasteiger partial charge is 0.230 e. The molecule has 1 unspecified atom stereocenters. The maximum absolute atomic E-state index is 9.05. The highest BCUT2D eigenvalue weighted by atomic mass is 16.5. The fourth-order valence-electron chi connectivity index (χ4n) is 2.19. The molecule has 1 aromatic rings. The lowest BCUT2D eigenvalue weighted by atomic mass is 10.0. The molecule has 0 radical (unpaired) electrons. The molecule has 1 atom stereocenters. The lowest BCUT2D eigenvalue weighted by molar-refractivity contribution is 0.204. The van der Waals surface area contributed by atoms with E-state index < -0.39 is 0 Å². The van der Waals surface area contributed by atoms with Crippen molar-refractivity contribution in [1.82, 2.24) is 15.1 Å². The molecule has 0 saturated carbocycles. The molecule has 1 saturated heterocycles. The molecule has 0 amide bonds. The molecule has 1 aliphatic heterocycles. The van der Waals surface area contributed by atoms with Crippen molar-refractivity contribution in [1.29, 1.82) is 5.26 Å². The molecule has 0 aliphatic carbocycles. The number of piperidine rings is 1. The summed E-state index contributed by atoms with van der Waals surface area (Å²) in [6.07, 6.45) is 2.38. The van der Waals surface area contributed by atoms with E-state index in [1.165, 1.54) is 12.8 Å². The van der Waals surface area contributed by atoms with Crippen molar-refractivity contribution in [2.75, 3.05) is 19.7 Å². The van der Waals surface area contributed by atoms with Crippen LogP contribution in [-0.2, 0) is 7.05 Å². The van der Waals surface area contributed by atoms with Crippen LogP contribution in [0, 0.1) is 24.2 Å². The summed E-state index contributed by atoms with van der Waals surface area (Å²) in [6, 6.07) is 2.15. The Bertz CT molecular complexity index is 426. The van der Waals surface area contributed by atoms with Crippen molar-refractivity contribution >= 4 is 0 Å². The molecule has 1 fully saturated rings. The van der Waals surface area contributed by atoms with Crippen molar-refractivity contribution in [2.24, 2.45) is 13.0 Å². The summed E-state index contributed by atoms with van der Waals surface area (Å²) in [5.41, 5.74) is 1.28. The standard InChI is InChI=1S/C12H18N4O/c1-9-11(6-13)12(16(2)15-9)17-8-10-4-3-5-14-7-10/h10,14H,3-5,7-8H2,1-2H3. The van der Waals surface area contributed by atoms with Gasteiger partial charge in [0.2, 0.25) is 5.88 Å². The minimum absolute atomic E-state index is 0.533. The van der Waals surface area contributed by atoms with E-state index >= 15 is 0 Å². The van der Waals surface area contributed by atoms with Crippen LogP contribution in [0.15, 0.2) is 0 Å². The van der Waals surface area contributed by atoms with Crippen molar-refractivity contribution in [3.8, 4) is 11.9 Å². The van der Waals surface area contributed by atoms with Crippen LogP contribution in [0.1, 0.15) is 24.1 Å². The highest BCUT2D eigenvalue weighted by molar-refractivity contribution is 5.41. The van der Waals surface area contributed by atoms with Crippen LogP contribution in [0.3, 0.4) is 0 Å². The van der Waals surface area contributed by atoms with Crippen LogP contribution in [0.2, 0.25) is 0 Å². The average molecular weight is 234 g/mol. The molecule has 0 bridgehead atoms. The number of rotatable bonds is 3. The topological polar surface area (TPSA) is 62.9 Å². The summed E-state index contributed by atoms with van der Waals surface area (Å²) < 4.78 is 7.40. The van der Waals surface area contributed by atoms with E-state index in [1.807, 2.05) is 14.0 Å². The van der Waals surface area contributed by atoms with Crippen LogP contribution in [0.25, 0.3) is 0 Å². The first-order chi connectivity index (χ1) is 8.22. The Balaban J connectivity index is 2.01. The van der Waals surface area contributed by atoms with Gasteiger partial charge in [-0.05, 0) is 26.3 Å². The summed E-state index contributed by atoms with van der Waals surface area (Å²) in [5.74, 6) is 1.13. The first kappa shape index (κ1) is 11.9. The Morgan fingerprint density at radius 3 is 3.12 bits per heavy atom. The van der Waals surface area contributed by atoms with Crippen LogP contribution < -0.4 is 10.1 Å². The average Bonchev–Trinajstić information content (AvgIpc) is 2.62. The Morgan fingerprint density at radius 2 is 2.47 bits per heavy atom. The molecule has 5 nitrogen and oxygen atoms in total. The molecule has 0 spiro atoms. The number of hydrogen-bond donors (Lipinski definition) is 1. The zero-order valence-electron chi connectivity index (χ0n) is 10.4. The van der Waals surface area contributed by atoms with E-state index in [4.69, 9.17) is 10.00 Å². The second kappa shape index (κ2) is 5.19. The lowest BCUT2D eigenvalue weighted by Gasteiger charge is -2.22. The van der Waals surface area contributed by atoms with Gasteiger partial charge in [0.1, 0.15) is 11.6 Å². The van der Waals surface area contributed by atoms with Crippen LogP contribution in [-0.4, -0.2) is 29.5 Å². The minimum atomic E-state index is 0.533. The Hall–Kier alpha value is -1.54. The van der Waals surface area contributed by atoms with Crippen molar-refractivity contribution in [3.05, 3.63) is 11.3 Å². The minimum Gasteiger partial charge on any atom is -0.477 e. The third-order valence-corrected chi connectivity index (χ3v) is 3.14. The van der Waals surface area contributed by atoms with Gasteiger partial charge in [0.15, 0.2) is 0 Å². The van der Waals surface area contributed by atoms with Gasteiger partial charge in [0.05, 0.1) is 12.3 Å². The summed E-state index contributed by atoms with van der Waals surface area (Å²) in [4.78, 5) is 0. The largest absolute Gasteiger partial charge is 0.477 e. The van der Waals surface area contributed by atoms with Crippen molar-refractivity contribution in [3.63, 3.8) is 0 Å². The van der Waals surface area contributed by atoms with Gasteiger partial charge in [0.25, 0.3) is 0 Å². The zero-order chi connectivity index (χ0) is 12.3. The highest BCUT2D eigenvalue weighted by Gasteiger charge is 2.18. The summed E-state index contributed by atoms with van der Waals surface area (Å²) in [5, 5.41) is 16.6. The maximum Gasteiger partial charge on any atom is 0.230 e. The second-order valence-electron chi connectivity index (χ2n) is 4.52. The van der Waals surface area contributed by atoms with Gasteiger partial charge in [-0.2, -0.15) is 10.4 Å². The van der Waals surface area contributed by atoms with Crippen LogP contribution in [0.4, 0.5) is 0 Å². The number of hydrogen-bond acceptors (Lipinski definition) is 4. The Labute approximate surface area is 101 Å². The van der Waals surface area contributed by atoms with E-state index in [2.05, 4.69) is 16.5 Å². The monoisotopic (exact) mass is 234 g/mol. The third kappa shape index (κ3) is 2.59. The van der Waals surface area contributed by atoms with Gasteiger partial charge in [-0.25, -0.2) is 4.68 Å². The SMILES string of the molecule is Cc1nn(C)c(OCC2CCCNC2)c1C#N. The van der Waals surface area contributed by atoms with Gasteiger partial charge in [-0.1, -0.05) is 0 Å². The molecule has 17 heavy (non-hydrogen) atoms. The Morgan fingerprint density at radius 1 is 1.65 bits per heavy atom. The number of nitrogens with zero attached hydrogens (tertiary/aromatic N) is 3. The van der Waals surface area contributed by atoms with E-state index in [0.717, 1.165) is 18.8 Å². The fourth-order valence-corrected chi connectivity index (χ4v) is 2.19. The zero-order valence-corrected chi connectivity index (χ0v) is 10.4. The predicted molar refractivity (Wildman–Crippen MR) is 63.7 cm³/mol. The first-order valence-corrected chi connectivity index (χ1v) is 5.99. The molecule has 2 heterocycles. The van der Waals surface area contributed by atoms with Crippen LogP contribution >= 0.6 is 0 Å².